The smallest absolute Gasteiger partial charge is 0.241 e. The van der Waals surface area contributed by atoms with Gasteiger partial charge in [-0.1, -0.05) is 0 Å². The molecular formula is C14H19N3O. The Bertz CT molecular complexity index is 445. The molecule has 0 aliphatic heterocycles. The average molecular weight is 245 g/mol. The fourth-order valence-corrected chi connectivity index (χ4v) is 1.51. The number of carbonyl (C=O) groups is 1. The molecule has 0 saturated heterocycles. The lowest BCUT2D eigenvalue weighted by atomic mass is 10.2. The van der Waals surface area contributed by atoms with E-state index in [-0.39, 0.29) is 11.9 Å². The van der Waals surface area contributed by atoms with E-state index in [1.54, 1.807) is 24.3 Å². The van der Waals surface area contributed by atoms with Crippen LogP contribution < -0.4 is 5.32 Å². The summed E-state index contributed by atoms with van der Waals surface area (Å²) in [5.41, 5.74) is 1.29. The zero-order valence-corrected chi connectivity index (χ0v) is 11.3. The second-order valence-electron chi connectivity index (χ2n) is 4.61. The topological polar surface area (TPSA) is 56.1 Å². The number of rotatable bonds is 4. The van der Waals surface area contributed by atoms with Crippen molar-refractivity contribution in [2.24, 2.45) is 0 Å². The Morgan fingerprint density at radius 1 is 1.28 bits per heavy atom. The van der Waals surface area contributed by atoms with Crippen LogP contribution in [0.5, 0.6) is 0 Å². The molecule has 1 aromatic carbocycles. The summed E-state index contributed by atoms with van der Waals surface area (Å²) in [6, 6.07) is 9.00. The van der Waals surface area contributed by atoms with Crippen molar-refractivity contribution in [2.75, 3.05) is 12.4 Å². The molecule has 1 rings (SSSR count). The molecular weight excluding hydrogens is 226 g/mol. The van der Waals surface area contributed by atoms with E-state index < -0.39 is 0 Å². The largest absolute Gasteiger partial charge is 0.325 e. The maximum atomic E-state index is 12.0. The van der Waals surface area contributed by atoms with Gasteiger partial charge in [-0.25, -0.2) is 0 Å². The minimum Gasteiger partial charge on any atom is -0.325 e. The molecule has 4 heteroatoms. The van der Waals surface area contributed by atoms with Gasteiger partial charge in [0.05, 0.1) is 17.7 Å². The highest BCUT2D eigenvalue weighted by Crippen LogP contribution is 2.11. The molecule has 0 fully saturated rings. The summed E-state index contributed by atoms with van der Waals surface area (Å²) in [7, 11) is 1.92. The maximum Gasteiger partial charge on any atom is 0.241 e. The Kier molecular flexibility index (Phi) is 4.87. The highest BCUT2D eigenvalue weighted by atomic mass is 16.2. The first-order chi connectivity index (χ1) is 8.45. The number of likely N-dealkylation sites (N-methyl/N-ethyl adjacent to an activating group) is 1. The summed E-state index contributed by atoms with van der Waals surface area (Å²) in [4.78, 5) is 14.0. The van der Waals surface area contributed by atoms with Crippen molar-refractivity contribution in [1.29, 1.82) is 5.26 Å². The van der Waals surface area contributed by atoms with Crippen LogP contribution in [0.25, 0.3) is 0 Å². The van der Waals surface area contributed by atoms with Crippen molar-refractivity contribution in [3.8, 4) is 6.07 Å². The molecule has 1 atom stereocenters. The molecule has 1 unspecified atom stereocenters. The summed E-state index contributed by atoms with van der Waals surface area (Å²) < 4.78 is 0. The van der Waals surface area contributed by atoms with Crippen LogP contribution in [0.2, 0.25) is 0 Å². The first kappa shape index (κ1) is 14.2. The molecule has 0 saturated carbocycles. The van der Waals surface area contributed by atoms with Crippen LogP contribution in [0.1, 0.15) is 26.3 Å². The second-order valence-corrected chi connectivity index (χ2v) is 4.61. The van der Waals surface area contributed by atoms with Crippen molar-refractivity contribution >= 4 is 11.6 Å². The molecule has 1 aromatic rings. The lowest BCUT2D eigenvalue weighted by Crippen LogP contribution is -2.43. The summed E-state index contributed by atoms with van der Waals surface area (Å²) in [6.45, 7) is 5.97. The van der Waals surface area contributed by atoms with E-state index in [4.69, 9.17) is 5.26 Å². The number of nitrogens with one attached hydrogen (secondary N) is 1. The first-order valence-corrected chi connectivity index (χ1v) is 5.98. The Morgan fingerprint density at radius 3 is 2.28 bits per heavy atom. The number of amides is 1. The van der Waals surface area contributed by atoms with Gasteiger partial charge in [0.25, 0.3) is 0 Å². The molecule has 0 aliphatic rings. The van der Waals surface area contributed by atoms with Crippen LogP contribution in [0, 0.1) is 11.3 Å². The average Bonchev–Trinajstić information content (AvgIpc) is 2.37. The number of benzene rings is 1. The first-order valence-electron chi connectivity index (χ1n) is 5.98. The van der Waals surface area contributed by atoms with Gasteiger partial charge in [-0.2, -0.15) is 5.26 Å². The third-order valence-corrected chi connectivity index (χ3v) is 3.09. The van der Waals surface area contributed by atoms with Crippen molar-refractivity contribution in [2.45, 2.75) is 32.9 Å². The third kappa shape index (κ3) is 3.57. The van der Waals surface area contributed by atoms with Gasteiger partial charge in [-0.15, -0.1) is 0 Å². The number of hydrogen-bond donors (Lipinski definition) is 1. The fourth-order valence-electron chi connectivity index (χ4n) is 1.51. The second kappa shape index (κ2) is 6.18. The van der Waals surface area contributed by atoms with Crippen LogP contribution in [-0.2, 0) is 4.79 Å². The van der Waals surface area contributed by atoms with Crippen LogP contribution in [-0.4, -0.2) is 29.9 Å². The van der Waals surface area contributed by atoms with Gasteiger partial charge >= 0.3 is 0 Å². The summed E-state index contributed by atoms with van der Waals surface area (Å²) in [5.74, 6) is -0.0455. The summed E-state index contributed by atoms with van der Waals surface area (Å²) in [5, 5.41) is 11.5. The number of hydrogen-bond acceptors (Lipinski definition) is 3. The molecule has 0 heterocycles. The molecule has 0 radical (unpaired) electrons. The molecule has 1 amide bonds. The van der Waals surface area contributed by atoms with Crippen molar-refractivity contribution in [3.05, 3.63) is 29.8 Å². The van der Waals surface area contributed by atoms with Gasteiger partial charge in [0, 0.05) is 11.7 Å². The van der Waals surface area contributed by atoms with E-state index >= 15 is 0 Å². The van der Waals surface area contributed by atoms with Crippen LogP contribution >= 0.6 is 0 Å². The van der Waals surface area contributed by atoms with E-state index in [9.17, 15) is 4.79 Å². The van der Waals surface area contributed by atoms with E-state index in [0.29, 0.717) is 17.3 Å². The zero-order chi connectivity index (χ0) is 13.7. The molecule has 0 bridgehead atoms. The predicted molar refractivity (Wildman–Crippen MR) is 72.1 cm³/mol. The minimum absolute atomic E-state index is 0.0455. The zero-order valence-electron chi connectivity index (χ0n) is 11.3. The molecule has 18 heavy (non-hydrogen) atoms. The quantitative estimate of drug-likeness (QED) is 0.885. The highest BCUT2D eigenvalue weighted by molar-refractivity contribution is 5.94. The molecule has 1 N–H and O–H groups in total. The van der Waals surface area contributed by atoms with E-state index in [1.807, 2.05) is 38.8 Å². The van der Waals surface area contributed by atoms with E-state index in [1.165, 1.54) is 0 Å². The Hall–Kier alpha value is -1.86. The van der Waals surface area contributed by atoms with Crippen LogP contribution in [0.4, 0.5) is 5.69 Å². The predicted octanol–water partition coefficient (Wildman–Crippen LogP) is 2.23. The minimum atomic E-state index is -0.194. The van der Waals surface area contributed by atoms with Crippen molar-refractivity contribution < 1.29 is 4.79 Å². The van der Waals surface area contributed by atoms with Crippen LogP contribution in [0.3, 0.4) is 0 Å². The Morgan fingerprint density at radius 2 is 1.83 bits per heavy atom. The number of nitrogens with zero attached hydrogens (tertiary/aromatic N) is 2. The normalized spacial score (nSPS) is 12.3. The SMILES string of the molecule is CC(C)N(C)C(C)C(=O)Nc1ccc(C#N)cc1. The number of nitriles is 1. The molecule has 0 aliphatic carbocycles. The van der Waals surface area contributed by atoms with Gasteiger partial charge in [0.15, 0.2) is 0 Å². The lowest BCUT2D eigenvalue weighted by Gasteiger charge is -2.27. The Labute approximate surface area is 108 Å². The standard InChI is InChI=1S/C14H19N3O/c1-10(2)17(4)11(3)14(18)16-13-7-5-12(9-15)6-8-13/h5-8,10-11H,1-4H3,(H,16,18). The maximum absolute atomic E-state index is 12.0. The highest BCUT2D eigenvalue weighted by Gasteiger charge is 2.19. The molecule has 96 valence electrons. The van der Waals surface area contributed by atoms with Crippen LogP contribution in [0.15, 0.2) is 24.3 Å². The molecule has 4 nitrogen and oxygen atoms in total. The Balaban J connectivity index is 2.67. The van der Waals surface area contributed by atoms with Crippen molar-refractivity contribution in [3.63, 3.8) is 0 Å². The van der Waals surface area contributed by atoms with Gasteiger partial charge in [0.1, 0.15) is 0 Å². The van der Waals surface area contributed by atoms with Gasteiger partial charge < -0.3 is 5.32 Å². The van der Waals surface area contributed by atoms with Crippen molar-refractivity contribution in [1.82, 2.24) is 4.90 Å². The molecule has 0 aromatic heterocycles. The van der Waals surface area contributed by atoms with E-state index in [2.05, 4.69) is 5.32 Å². The van der Waals surface area contributed by atoms with Gasteiger partial charge in [0.2, 0.25) is 5.91 Å². The molecule has 0 spiro atoms. The summed E-state index contributed by atoms with van der Waals surface area (Å²) in [6.07, 6.45) is 0. The van der Waals surface area contributed by atoms with E-state index in [0.717, 1.165) is 0 Å². The van der Waals surface area contributed by atoms with Gasteiger partial charge in [-0.05, 0) is 52.1 Å². The lowest BCUT2D eigenvalue weighted by molar-refractivity contribution is -0.120. The number of carbonyl (C=O) groups excluding carboxylic acids is 1. The summed E-state index contributed by atoms with van der Waals surface area (Å²) >= 11 is 0. The van der Waals surface area contributed by atoms with Gasteiger partial charge in [-0.3, -0.25) is 9.69 Å². The monoisotopic (exact) mass is 245 g/mol. The third-order valence-electron chi connectivity index (χ3n) is 3.09. The fraction of sp³-hybridized carbons (Fsp3) is 0.429. The number of anilines is 1.